The molecule has 10 heteroatoms. The first kappa shape index (κ1) is 29.4. The number of hydrogen-bond acceptors (Lipinski definition) is 6. The summed E-state index contributed by atoms with van der Waals surface area (Å²) in [5.74, 6) is -1.69. The van der Waals surface area contributed by atoms with Gasteiger partial charge in [0.25, 0.3) is 20.2 Å². The van der Waals surface area contributed by atoms with Gasteiger partial charge in [-0.25, -0.2) is 0 Å². The largest absolute Gasteiger partial charge is 0.294 e. The molecule has 7 atom stereocenters. The summed E-state index contributed by atoms with van der Waals surface area (Å²) in [6, 6.07) is 7.39. The highest BCUT2D eigenvalue weighted by atomic mass is 32.2. The van der Waals surface area contributed by atoms with E-state index in [2.05, 4.69) is 0 Å². The Balaban J connectivity index is 1.44. The third kappa shape index (κ3) is 4.64. The van der Waals surface area contributed by atoms with E-state index in [1.165, 1.54) is 0 Å². The number of ketones is 2. The van der Waals surface area contributed by atoms with Crippen LogP contribution in [0.5, 0.6) is 0 Å². The van der Waals surface area contributed by atoms with Crippen molar-refractivity contribution in [2.75, 3.05) is 11.5 Å². The molecule has 5 rings (SSSR count). The molecule has 0 heterocycles. The number of Topliss-reactive ketones (excluding diaryl/α,β-unsaturated/α-hetero) is 2. The highest BCUT2D eigenvalue weighted by Crippen LogP contribution is 2.74. The molecular weight excluding hydrogens is 552 g/mol. The monoisotopic (exact) mass is 590 g/mol. The molecule has 8 nitrogen and oxygen atoms in total. The van der Waals surface area contributed by atoms with E-state index < -0.39 is 48.0 Å². The van der Waals surface area contributed by atoms with Crippen molar-refractivity contribution in [1.29, 1.82) is 0 Å². The van der Waals surface area contributed by atoms with E-state index in [1.54, 1.807) is 0 Å². The molecule has 4 saturated carbocycles. The van der Waals surface area contributed by atoms with Crippen molar-refractivity contribution in [3.63, 3.8) is 0 Å². The zero-order valence-corrected chi connectivity index (χ0v) is 25.0. The number of hydrogen-bond donors (Lipinski definition) is 2. The first-order valence-electron chi connectivity index (χ1n) is 14.0. The molecule has 2 bridgehead atoms. The minimum Gasteiger partial charge on any atom is -0.294 e. The smallest absolute Gasteiger partial charge is 0.265 e. The van der Waals surface area contributed by atoms with Gasteiger partial charge in [-0.15, -0.1) is 0 Å². The van der Waals surface area contributed by atoms with Crippen molar-refractivity contribution in [3.05, 3.63) is 46.5 Å². The van der Waals surface area contributed by atoms with Crippen molar-refractivity contribution >= 4 is 44.0 Å². The van der Waals surface area contributed by atoms with Gasteiger partial charge in [-0.05, 0) is 83.6 Å². The van der Waals surface area contributed by atoms with Gasteiger partial charge in [0.2, 0.25) is 0 Å². The van der Waals surface area contributed by atoms with Crippen LogP contribution in [0, 0.1) is 39.9 Å². The van der Waals surface area contributed by atoms with Crippen LogP contribution >= 0.6 is 0 Å². The van der Waals surface area contributed by atoms with Crippen LogP contribution in [-0.4, -0.2) is 49.0 Å². The van der Waals surface area contributed by atoms with E-state index in [9.17, 15) is 35.5 Å². The second-order valence-corrected chi connectivity index (χ2v) is 16.0. The lowest BCUT2D eigenvalue weighted by Crippen LogP contribution is -2.43. The molecule has 0 radical (unpaired) electrons. The summed E-state index contributed by atoms with van der Waals surface area (Å²) >= 11 is 0. The Bertz CT molecular complexity index is 1540. The molecule has 2 N–H and O–H groups in total. The van der Waals surface area contributed by atoms with Gasteiger partial charge in [0.1, 0.15) is 0 Å². The normalized spacial score (nSPS) is 39.2. The Morgan fingerprint density at radius 2 is 1.43 bits per heavy atom. The molecule has 4 aliphatic rings. The average molecular weight is 591 g/mol. The summed E-state index contributed by atoms with van der Waals surface area (Å²) < 4.78 is 66.8. The predicted octanol–water partition coefficient (Wildman–Crippen LogP) is 4.88. The maximum atomic E-state index is 13.6. The molecule has 7 unspecified atom stereocenters. The van der Waals surface area contributed by atoms with Crippen molar-refractivity contribution < 1.29 is 35.5 Å². The molecule has 0 aromatic heterocycles. The lowest BCUT2D eigenvalue weighted by Gasteiger charge is -2.39. The molecule has 1 aromatic rings. The standard InChI is InChI=1S/C30H38O8S2/c1-5-10-30(17-40(36,37)38)27(32)24(25-15-28(25,30)4)13-21-8-6-20(7-9-21)12-23-22-11-18(2)14-29(19(22)3,26(23)31)16-39(33,34)35/h6-9,12-13,18-19,22,25H,5,10-11,14-17H2,1-4H3,(H,33,34,35)(H,36,37,38)/b23-12-,24-13-. The van der Waals surface area contributed by atoms with E-state index in [-0.39, 0.29) is 35.2 Å². The van der Waals surface area contributed by atoms with E-state index in [1.807, 2.05) is 64.1 Å². The predicted molar refractivity (Wildman–Crippen MR) is 152 cm³/mol. The molecule has 4 aliphatic carbocycles. The van der Waals surface area contributed by atoms with Gasteiger partial charge in [-0.2, -0.15) is 16.8 Å². The van der Waals surface area contributed by atoms with Crippen LogP contribution in [0.2, 0.25) is 0 Å². The number of benzene rings is 1. The SMILES string of the molecule is CCCC1(CS(=O)(=O)O)C(=O)/C(=C\c2ccc(/C=C3\C(=O)C4(CS(=O)(=O)O)CC(C)CC3C4C)cc2)C2CC21C. The number of rotatable bonds is 8. The van der Waals surface area contributed by atoms with Crippen LogP contribution in [-0.2, 0) is 29.8 Å². The maximum absolute atomic E-state index is 13.6. The van der Waals surface area contributed by atoms with Crippen molar-refractivity contribution in [2.45, 2.75) is 59.8 Å². The van der Waals surface area contributed by atoms with E-state index in [4.69, 9.17) is 0 Å². The van der Waals surface area contributed by atoms with Crippen molar-refractivity contribution in [3.8, 4) is 0 Å². The Kier molecular flexibility index (Phi) is 6.93. The molecule has 4 fully saturated rings. The third-order valence-electron chi connectivity index (χ3n) is 10.5. The number of carbonyl (C=O) groups is 2. The quantitative estimate of drug-likeness (QED) is 0.322. The fourth-order valence-corrected chi connectivity index (χ4v) is 10.9. The van der Waals surface area contributed by atoms with E-state index in [0.29, 0.717) is 36.8 Å². The second kappa shape index (κ2) is 9.44. The van der Waals surface area contributed by atoms with Crippen LogP contribution in [0.25, 0.3) is 12.2 Å². The average Bonchev–Trinajstić information content (AvgIpc) is 3.47. The number of fused-ring (bicyclic) bond motifs is 3. The zero-order valence-electron chi connectivity index (χ0n) is 23.4. The Morgan fingerprint density at radius 3 is 1.95 bits per heavy atom. The van der Waals surface area contributed by atoms with Gasteiger partial charge in [0.05, 0.1) is 22.3 Å². The first-order chi connectivity index (χ1) is 18.5. The van der Waals surface area contributed by atoms with Gasteiger partial charge in [-0.3, -0.25) is 18.7 Å². The highest BCUT2D eigenvalue weighted by Gasteiger charge is 2.74. The van der Waals surface area contributed by atoms with Gasteiger partial charge >= 0.3 is 0 Å². The van der Waals surface area contributed by atoms with Crippen LogP contribution in [0.4, 0.5) is 0 Å². The fourth-order valence-electron chi connectivity index (χ4n) is 8.51. The summed E-state index contributed by atoms with van der Waals surface area (Å²) in [5, 5.41) is 0. The maximum Gasteiger partial charge on any atom is 0.265 e. The van der Waals surface area contributed by atoms with E-state index in [0.717, 1.165) is 17.5 Å². The van der Waals surface area contributed by atoms with Crippen molar-refractivity contribution in [2.24, 2.45) is 39.9 Å². The zero-order chi connectivity index (χ0) is 29.5. The molecular formula is C30H38O8S2. The summed E-state index contributed by atoms with van der Waals surface area (Å²) in [6.45, 7) is 7.76. The lowest BCUT2D eigenvalue weighted by molar-refractivity contribution is -0.125. The van der Waals surface area contributed by atoms with Gasteiger partial charge in [0.15, 0.2) is 11.6 Å². The van der Waals surface area contributed by atoms with Gasteiger partial charge in [-0.1, -0.05) is 58.4 Å². The van der Waals surface area contributed by atoms with Gasteiger partial charge in [0, 0.05) is 5.57 Å². The summed E-state index contributed by atoms with van der Waals surface area (Å²) in [4.78, 5) is 27.2. The highest BCUT2D eigenvalue weighted by molar-refractivity contribution is 7.86. The van der Waals surface area contributed by atoms with Crippen LogP contribution in [0.1, 0.15) is 70.9 Å². The van der Waals surface area contributed by atoms with Crippen LogP contribution < -0.4 is 0 Å². The number of carbonyl (C=O) groups excluding carboxylic acids is 2. The second-order valence-electron chi connectivity index (χ2n) is 13.1. The molecule has 218 valence electrons. The Hall–Kier alpha value is -2.14. The van der Waals surface area contributed by atoms with Crippen LogP contribution in [0.15, 0.2) is 35.4 Å². The molecule has 0 amide bonds. The lowest BCUT2D eigenvalue weighted by atomic mass is 9.65. The first-order valence-corrected chi connectivity index (χ1v) is 17.2. The minimum absolute atomic E-state index is 0.0482. The topological polar surface area (TPSA) is 143 Å². The summed E-state index contributed by atoms with van der Waals surface area (Å²) in [5.41, 5.74) is 0.0300. The van der Waals surface area contributed by atoms with Crippen LogP contribution in [0.3, 0.4) is 0 Å². The van der Waals surface area contributed by atoms with Gasteiger partial charge < -0.3 is 0 Å². The molecule has 0 aliphatic heterocycles. The Labute approximate surface area is 236 Å². The molecule has 40 heavy (non-hydrogen) atoms. The van der Waals surface area contributed by atoms with Crippen molar-refractivity contribution in [1.82, 2.24) is 0 Å². The Morgan fingerprint density at radius 1 is 0.875 bits per heavy atom. The fraction of sp³-hybridized carbons (Fsp3) is 0.600. The molecule has 1 aromatic carbocycles. The third-order valence-corrected chi connectivity index (χ3v) is 12.2. The molecule has 0 spiro atoms. The summed E-state index contributed by atoms with van der Waals surface area (Å²) in [6.07, 6.45) is 6.57. The molecule has 0 saturated heterocycles. The number of allylic oxidation sites excluding steroid dienone is 2. The minimum atomic E-state index is -4.34. The van der Waals surface area contributed by atoms with E-state index >= 15 is 0 Å². The summed E-state index contributed by atoms with van der Waals surface area (Å²) in [7, 11) is -8.67.